The Hall–Kier alpha value is -0.690. The van der Waals surface area contributed by atoms with Crippen molar-refractivity contribution >= 4 is 5.91 Å². The highest BCUT2D eigenvalue weighted by Gasteiger charge is 2.45. The second-order valence-corrected chi connectivity index (χ2v) is 4.75. The highest BCUT2D eigenvalue weighted by molar-refractivity contribution is 5.73. The van der Waals surface area contributed by atoms with Gasteiger partial charge in [0.15, 0.2) is 0 Å². The molecule has 1 aliphatic heterocycles. The first-order chi connectivity index (χ1) is 8.43. The molecule has 1 fully saturated rings. The lowest BCUT2D eigenvalue weighted by Gasteiger charge is -2.45. The lowest BCUT2D eigenvalue weighted by molar-refractivity contribution is -0.210. The van der Waals surface area contributed by atoms with Gasteiger partial charge in [-0.15, -0.1) is 0 Å². The van der Waals surface area contributed by atoms with E-state index in [0.717, 1.165) is 6.42 Å². The molecule has 6 heteroatoms. The monoisotopic (exact) mass is 261 g/mol. The van der Waals surface area contributed by atoms with Gasteiger partial charge in [0.2, 0.25) is 5.91 Å². The van der Waals surface area contributed by atoms with Crippen molar-refractivity contribution in [2.45, 2.75) is 57.6 Å². The van der Waals surface area contributed by atoms with Crippen LogP contribution in [0.2, 0.25) is 0 Å². The molecule has 0 aromatic rings. The fourth-order valence-electron chi connectivity index (χ4n) is 2.48. The Kier molecular flexibility index (Phi) is 5.52. The zero-order chi connectivity index (χ0) is 13.9. The standard InChI is InChI=1S/C12H23NO5/c1-4-5-13(8(3)15)10-7(2)18-9(6-14)11(16)12(10)17/h7,9-12,14,16-17H,4-6H2,1-3H3. The molecule has 3 N–H and O–H groups in total. The number of carbonyl (C=O) groups is 1. The van der Waals surface area contributed by atoms with Gasteiger partial charge in [-0.2, -0.15) is 0 Å². The quantitative estimate of drug-likeness (QED) is 0.611. The highest BCUT2D eigenvalue weighted by atomic mass is 16.5. The first-order valence-corrected chi connectivity index (χ1v) is 6.33. The van der Waals surface area contributed by atoms with Crippen LogP contribution in [-0.2, 0) is 9.53 Å². The summed E-state index contributed by atoms with van der Waals surface area (Å²) in [5.74, 6) is -0.161. The highest BCUT2D eigenvalue weighted by Crippen LogP contribution is 2.25. The smallest absolute Gasteiger partial charge is 0.219 e. The maximum atomic E-state index is 11.6. The number of rotatable bonds is 4. The van der Waals surface area contributed by atoms with E-state index in [-0.39, 0.29) is 12.5 Å². The predicted octanol–water partition coefficient (Wildman–Crippen LogP) is -0.885. The molecule has 0 spiro atoms. The van der Waals surface area contributed by atoms with Gasteiger partial charge in [-0.1, -0.05) is 6.92 Å². The van der Waals surface area contributed by atoms with Crippen LogP contribution >= 0.6 is 0 Å². The molecule has 0 bridgehead atoms. The van der Waals surface area contributed by atoms with Gasteiger partial charge in [0.05, 0.1) is 18.8 Å². The van der Waals surface area contributed by atoms with E-state index in [4.69, 9.17) is 9.84 Å². The van der Waals surface area contributed by atoms with Gasteiger partial charge in [0.25, 0.3) is 0 Å². The van der Waals surface area contributed by atoms with E-state index in [1.165, 1.54) is 11.8 Å². The Balaban J connectivity index is 2.89. The van der Waals surface area contributed by atoms with Gasteiger partial charge in [0, 0.05) is 13.5 Å². The molecule has 0 saturated carbocycles. The molecule has 1 amide bonds. The summed E-state index contributed by atoms with van der Waals surface area (Å²) in [6.45, 7) is 5.24. The van der Waals surface area contributed by atoms with Crippen LogP contribution in [0.3, 0.4) is 0 Å². The SMILES string of the molecule is CCCN(C(C)=O)C1C(C)OC(CO)C(O)C1O. The van der Waals surface area contributed by atoms with Gasteiger partial charge in [0.1, 0.15) is 18.3 Å². The first-order valence-electron chi connectivity index (χ1n) is 6.33. The molecule has 1 heterocycles. The number of amides is 1. The summed E-state index contributed by atoms with van der Waals surface area (Å²) >= 11 is 0. The third-order valence-electron chi connectivity index (χ3n) is 3.36. The zero-order valence-electron chi connectivity index (χ0n) is 11.1. The molecule has 1 saturated heterocycles. The van der Waals surface area contributed by atoms with Crippen LogP contribution in [0.4, 0.5) is 0 Å². The zero-order valence-corrected chi connectivity index (χ0v) is 11.1. The molecule has 0 radical (unpaired) electrons. The molecular formula is C12H23NO5. The van der Waals surface area contributed by atoms with Crippen LogP contribution in [0, 0.1) is 0 Å². The number of carbonyl (C=O) groups excluding carboxylic acids is 1. The van der Waals surface area contributed by atoms with Crippen LogP contribution in [0.5, 0.6) is 0 Å². The molecule has 1 aliphatic rings. The molecule has 1 rings (SSSR count). The Morgan fingerprint density at radius 2 is 1.94 bits per heavy atom. The van der Waals surface area contributed by atoms with Crippen molar-refractivity contribution in [3.63, 3.8) is 0 Å². The molecule has 5 atom stereocenters. The maximum Gasteiger partial charge on any atom is 0.219 e. The summed E-state index contributed by atoms with van der Waals surface area (Å²) < 4.78 is 5.45. The van der Waals surface area contributed by atoms with Crippen LogP contribution in [0.15, 0.2) is 0 Å². The fraction of sp³-hybridized carbons (Fsp3) is 0.917. The minimum atomic E-state index is -1.19. The Morgan fingerprint density at radius 3 is 2.39 bits per heavy atom. The number of hydrogen-bond acceptors (Lipinski definition) is 5. The van der Waals surface area contributed by atoms with E-state index in [9.17, 15) is 15.0 Å². The number of hydrogen-bond donors (Lipinski definition) is 3. The third kappa shape index (κ3) is 3.00. The lowest BCUT2D eigenvalue weighted by Crippen LogP contribution is -2.64. The van der Waals surface area contributed by atoms with E-state index in [0.29, 0.717) is 6.54 Å². The van der Waals surface area contributed by atoms with Gasteiger partial charge in [-0.3, -0.25) is 4.79 Å². The molecule has 0 aromatic heterocycles. The van der Waals surface area contributed by atoms with Gasteiger partial charge >= 0.3 is 0 Å². The van der Waals surface area contributed by atoms with E-state index < -0.39 is 30.5 Å². The van der Waals surface area contributed by atoms with Crippen molar-refractivity contribution in [2.75, 3.05) is 13.2 Å². The first kappa shape index (κ1) is 15.4. The van der Waals surface area contributed by atoms with Crippen LogP contribution in [0.1, 0.15) is 27.2 Å². The molecule has 5 unspecified atom stereocenters. The normalized spacial score (nSPS) is 36.4. The Labute approximate surface area is 107 Å². The van der Waals surface area contributed by atoms with E-state index in [1.807, 2.05) is 6.92 Å². The molecule has 0 aromatic carbocycles. The fourth-order valence-corrected chi connectivity index (χ4v) is 2.48. The maximum absolute atomic E-state index is 11.6. The molecule has 0 aliphatic carbocycles. The molecule has 106 valence electrons. The van der Waals surface area contributed by atoms with Crippen molar-refractivity contribution < 1.29 is 24.9 Å². The molecular weight excluding hydrogens is 238 g/mol. The van der Waals surface area contributed by atoms with E-state index in [2.05, 4.69) is 0 Å². The number of aliphatic hydroxyl groups excluding tert-OH is 3. The average molecular weight is 261 g/mol. The summed E-state index contributed by atoms with van der Waals surface area (Å²) in [6.07, 6.45) is -2.77. The Morgan fingerprint density at radius 1 is 1.33 bits per heavy atom. The predicted molar refractivity (Wildman–Crippen MR) is 64.9 cm³/mol. The second kappa shape index (κ2) is 6.47. The summed E-state index contributed by atoms with van der Waals surface area (Å²) in [5.41, 5.74) is 0. The number of ether oxygens (including phenoxy) is 1. The minimum absolute atomic E-state index is 0.161. The van der Waals surface area contributed by atoms with Crippen molar-refractivity contribution in [3.05, 3.63) is 0 Å². The van der Waals surface area contributed by atoms with Gasteiger partial charge < -0.3 is 25.0 Å². The topological polar surface area (TPSA) is 90.2 Å². The van der Waals surface area contributed by atoms with Crippen molar-refractivity contribution in [1.29, 1.82) is 0 Å². The Bertz CT molecular complexity index is 286. The lowest BCUT2D eigenvalue weighted by atomic mass is 9.92. The van der Waals surface area contributed by atoms with E-state index >= 15 is 0 Å². The summed E-state index contributed by atoms with van der Waals surface area (Å²) in [7, 11) is 0. The summed E-state index contributed by atoms with van der Waals surface area (Å²) in [5, 5.41) is 29.0. The van der Waals surface area contributed by atoms with Crippen molar-refractivity contribution in [1.82, 2.24) is 4.90 Å². The third-order valence-corrected chi connectivity index (χ3v) is 3.36. The van der Waals surface area contributed by atoms with Crippen LogP contribution in [0.25, 0.3) is 0 Å². The van der Waals surface area contributed by atoms with Crippen molar-refractivity contribution in [2.24, 2.45) is 0 Å². The largest absolute Gasteiger partial charge is 0.394 e. The molecule has 18 heavy (non-hydrogen) atoms. The number of nitrogens with zero attached hydrogens (tertiary/aromatic N) is 1. The van der Waals surface area contributed by atoms with Gasteiger partial charge in [-0.25, -0.2) is 0 Å². The summed E-state index contributed by atoms with van der Waals surface area (Å²) in [4.78, 5) is 13.1. The van der Waals surface area contributed by atoms with Crippen LogP contribution < -0.4 is 0 Å². The van der Waals surface area contributed by atoms with Crippen molar-refractivity contribution in [3.8, 4) is 0 Å². The average Bonchev–Trinajstić information content (AvgIpc) is 2.32. The number of aliphatic hydroxyl groups is 3. The van der Waals surface area contributed by atoms with E-state index in [1.54, 1.807) is 6.92 Å². The van der Waals surface area contributed by atoms with Crippen LogP contribution in [-0.4, -0.2) is 69.7 Å². The minimum Gasteiger partial charge on any atom is -0.394 e. The second-order valence-electron chi connectivity index (χ2n) is 4.75. The van der Waals surface area contributed by atoms with Gasteiger partial charge in [-0.05, 0) is 13.3 Å². The molecule has 6 nitrogen and oxygen atoms in total. The summed E-state index contributed by atoms with van der Waals surface area (Å²) in [6, 6.07) is -0.583.